The van der Waals surface area contributed by atoms with Crippen molar-refractivity contribution in [3.8, 4) is 0 Å². The quantitative estimate of drug-likeness (QED) is 0.428. The van der Waals surface area contributed by atoms with Gasteiger partial charge in [-0.2, -0.15) is 0 Å². The summed E-state index contributed by atoms with van der Waals surface area (Å²) in [7, 11) is 1.88. The first-order chi connectivity index (χ1) is 12.3. The lowest BCUT2D eigenvalue weighted by molar-refractivity contribution is 0.569. The normalized spacial score (nSPS) is 19.3. The minimum Gasteiger partial charge on any atom is -0.371 e. The maximum absolute atomic E-state index is 4.52. The smallest absolute Gasteiger partial charge is 0.198 e. The molecule has 2 aromatic rings. The van der Waals surface area contributed by atoms with E-state index in [1.807, 2.05) is 7.05 Å². The Labute approximate surface area is 173 Å². The molecule has 5 heteroatoms. The van der Waals surface area contributed by atoms with Crippen LogP contribution < -0.4 is 15.1 Å². The first-order valence-electron chi connectivity index (χ1n) is 9.21. The minimum atomic E-state index is 0. The van der Waals surface area contributed by atoms with E-state index >= 15 is 0 Å². The van der Waals surface area contributed by atoms with Gasteiger partial charge in [0.2, 0.25) is 0 Å². The molecule has 0 aliphatic carbocycles. The monoisotopic (exact) mass is 462 g/mol. The molecule has 0 radical (unpaired) electrons. The minimum absolute atomic E-state index is 0. The SMILES string of the molecule is CN=C(NCC1CCN(c2ccccc2)C1)N1CCc2ccccc21.I. The van der Waals surface area contributed by atoms with Gasteiger partial charge in [0, 0.05) is 44.6 Å². The van der Waals surface area contributed by atoms with Crippen molar-refractivity contribution in [3.63, 3.8) is 0 Å². The lowest BCUT2D eigenvalue weighted by Gasteiger charge is -2.24. The summed E-state index contributed by atoms with van der Waals surface area (Å²) in [5, 5.41) is 3.62. The number of anilines is 2. The number of hydrogen-bond acceptors (Lipinski definition) is 2. The fourth-order valence-electron chi connectivity index (χ4n) is 3.96. The molecule has 1 saturated heterocycles. The maximum atomic E-state index is 4.52. The predicted octanol–water partition coefficient (Wildman–Crippen LogP) is 3.77. The molecule has 0 amide bonds. The highest BCUT2D eigenvalue weighted by molar-refractivity contribution is 14.0. The number of rotatable bonds is 3. The number of hydrogen-bond donors (Lipinski definition) is 1. The van der Waals surface area contributed by atoms with Crippen molar-refractivity contribution in [1.29, 1.82) is 0 Å². The third kappa shape index (κ3) is 3.98. The third-order valence-electron chi connectivity index (χ3n) is 5.31. The second-order valence-electron chi connectivity index (χ2n) is 6.89. The van der Waals surface area contributed by atoms with E-state index in [1.165, 1.54) is 23.4 Å². The molecule has 2 aliphatic heterocycles. The number of benzene rings is 2. The van der Waals surface area contributed by atoms with Crippen molar-refractivity contribution < 1.29 is 0 Å². The first kappa shape index (κ1) is 19.0. The van der Waals surface area contributed by atoms with Crippen LogP contribution in [-0.2, 0) is 6.42 Å². The molecule has 1 atom stereocenters. The van der Waals surface area contributed by atoms with E-state index in [4.69, 9.17) is 0 Å². The van der Waals surface area contributed by atoms with E-state index in [-0.39, 0.29) is 24.0 Å². The van der Waals surface area contributed by atoms with Crippen molar-refractivity contribution >= 4 is 41.3 Å². The van der Waals surface area contributed by atoms with Gasteiger partial charge in [-0.1, -0.05) is 36.4 Å². The molecule has 1 fully saturated rings. The molecule has 0 bridgehead atoms. The van der Waals surface area contributed by atoms with Crippen LogP contribution in [0.3, 0.4) is 0 Å². The van der Waals surface area contributed by atoms with Gasteiger partial charge in [-0.05, 0) is 42.5 Å². The highest BCUT2D eigenvalue weighted by Crippen LogP contribution is 2.27. The average molecular weight is 462 g/mol. The zero-order chi connectivity index (χ0) is 17.1. The Kier molecular flexibility index (Phi) is 6.40. The highest BCUT2D eigenvalue weighted by atomic mass is 127. The molecule has 4 nitrogen and oxygen atoms in total. The Hall–Kier alpha value is -1.76. The second-order valence-corrected chi connectivity index (χ2v) is 6.89. The molecule has 0 aromatic heterocycles. The molecular formula is C21H27IN4. The number of halogens is 1. The van der Waals surface area contributed by atoms with E-state index < -0.39 is 0 Å². The van der Waals surface area contributed by atoms with Crippen LogP contribution in [0, 0.1) is 5.92 Å². The van der Waals surface area contributed by atoms with Gasteiger partial charge < -0.3 is 15.1 Å². The zero-order valence-corrected chi connectivity index (χ0v) is 17.6. The van der Waals surface area contributed by atoms with Crippen LogP contribution in [0.15, 0.2) is 59.6 Å². The second kappa shape index (κ2) is 8.75. The topological polar surface area (TPSA) is 30.9 Å². The van der Waals surface area contributed by atoms with Gasteiger partial charge in [0.1, 0.15) is 0 Å². The van der Waals surface area contributed by atoms with Crippen LogP contribution in [0.25, 0.3) is 0 Å². The van der Waals surface area contributed by atoms with Gasteiger partial charge in [0.05, 0.1) is 0 Å². The lowest BCUT2D eigenvalue weighted by Crippen LogP contribution is -2.42. The van der Waals surface area contributed by atoms with Gasteiger partial charge in [-0.25, -0.2) is 0 Å². The fourth-order valence-corrected chi connectivity index (χ4v) is 3.96. The molecule has 1 N–H and O–H groups in total. The Morgan fingerprint density at radius 2 is 1.85 bits per heavy atom. The van der Waals surface area contributed by atoms with Crippen LogP contribution in [0.5, 0.6) is 0 Å². The van der Waals surface area contributed by atoms with Gasteiger partial charge in [-0.3, -0.25) is 4.99 Å². The summed E-state index contributed by atoms with van der Waals surface area (Å²) in [6, 6.07) is 19.4. The first-order valence-corrected chi connectivity index (χ1v) is 9.21. The number of guanidine groups is 1. The van der Waals surface area contributed by atoms with E-state index in [2.05, 4.69) is 74.7 Å². The Bertz CT molecular complexity index is 747. The van der Waals surface area contributed by atoms with Crippen molar-refractivity contribution in [3.05, 3.63) is 60.2 Å². The van der Waals surface area contributed by atoms with Crippen molar-refractivity contribution in [2.24, 2.45) is 10.9 Å². The molecule has 1 unspecified atom stereocenters. The lowest BCUT2D eigenvalue weighted by atomic mass is 10.1. The standard InChI is InChI=1S/C21H26N4.HI/c1-22-21(25-14-12-18-7-5-6-10-20(18)25)23-15-17-11-13-24(16-17)19-8-3-2-4-9-19;/h2-10,17H,11-16H2,1H3,(H,22,23);1H. The molecule has 138 valence electrons. The summed E-state index contributed by atoms with van der Waals surface area (Å²) in [6.45, 7) is 4.25. The molecule has 0 saturated carbocycles. The van der Waals surface area contributed by atoms with Crippen LogP contribution in [0.4, 0.5) is 11.4 Å². The molecular weight excluding hydrogens is 435 g/mol. The van der Waals surface area contributed by atoms with Crippen molar-refractivity contribution in [2.75, 3.05) is 43.0 Å². The Morgan fingerprint density at radius 3 is 2.65 bits per heavy atom. The average Bonchev–Trinajstić information content (AvgIpc) is 3.31. The number of nitrogens with zero attached hydrogens (tertiary/aromatic N) is 3. The predicted molar refractivity (Wildman–Crippen MR) is 121 cm³/mol. The molecule has 4 rings (SSSR count). The number of aliphatic imine (C=N–C) groups is 1. The van der Waals surface area contributed by atoms with E-state index in [1.54, 1.807) is 0 Å². The number of fused-ring (bicyclic) bond motifs is 1. The van der Waals surface area contributed by atoms with E-state index in [0.717, 1.165) is 38.6 Å². The molecule has 2 heterocycles. The van der Waals surface area contributed by atoms with Crippen LogP contribution in [0.1, 0.15) is 12.0 Å². The van der Waals surface area contributed by atoms with Crippen LogP contribution >= 0.6 is 24.0 Å². The molecule has 0 spiro atoms. The van der Waals surface area contributed by atoms with Gasteiger partial charge in [-0.15, -0.1) is 24.0 Å². The number of nitrogens with one attached hydrogen (secondary N) is 1. The van der Waals surface area contributed by atoms with E-state index in [9.17, 15) is 0 Å². The maximum Gasteiger partial charge on any atom is 0.198 e. The fraction of sp³-hybridized carbons (Fsp3) is 0.381. The molecule has 2 aromatic carbocycles. The zero-order valence-electron chi connectivity index (χ0n) is 15.3. The molecule has 26 heavy (non-hydrogen) atoms. The summed E-state index contributed by atoms with van der Waals surface area (Å²) in [4.78, 5) is 9.33. The van der Waals surface area contributed by atoms with Crippen LogP contribution in [0.2, 0.25) is 0 Å². The van der Waals surface area contributed by atoms with Gasteiger partial charge in [0.25, 0.3) is 0 Å². The summed E-state index contributed by atoms with van der Waals surface area (Å²) >= 11 is 0. The highest BCUT2D eigenvalue weighted by Gasteiger charge is 2.25. The Balaban J connectivity index is 0.00000196. The van der Waals surface area contributed by atoms with Crippen molar-refractivity contribution in [2.45, 2.75) is 12.8 Å². The van der Waals surface area contributed by atoms with Gasteiger partial charge >= 0.3 is 0 Å². The summed E-state index contributed by atoms with van der Waals surface area (Å²) in [5.74, 6) is 1.66. The largest absolute Gasteiger partial charge is 0.371 e. The summed E-state index contributed by atoms with van der Waals surface area (Å²) in [6.07, 6.45) is 2.33. The Morgan fingerprint density at radius 1 is 1.08 bits per heavy atom. The molecule has 2 aliphatic rings. The number of para-hydroxylation sites is 2. The van der Waals surface area contributed by atoms with E-state index in [0.29, 0.717) is 5.92 Å². The summed E-state index contributed by atoms with van der Waals surface area (Å²) in [5.41, 5.74) is 4.05. The van der Waals surface area contributed by atoms with Crippen molar-refractivity contribution in [1.82, 2.24) is 5.32 Å². The van der Waals surface area contributed by atoms with Crippen LogP contribution in [-0.4, -0.2) is 39.2 Å². The van der Waals surface area contributed by atoms with Gasteiger partial charge in [0.15, 0.2) is 5.96 Å². The third-order valence-corrected chi connectivity index (χ3v) is 5.31. The summed E-state index contributed by atoms with van der Waals surface area (Å²) < 4.78 is 0.